The van der Waals surface area contributed by atoms with Crippen molar-refractivity contribution in [1.82, 2.24) is 9.79 Å². The fraction of sp³-hybridized carbons (Fsp3) is 0.333. The number of nitrogens with one attached hydrogen (secondary N) is 1. The summed E-state index contributed by atoms with van der Waals surface area (Å²) in [6.07, 6.45) is 5.71. The molecule has 3 aromatic carbocycles. The summed E-state index contributed by atoms with van der Waals surface area (Å²) in [5, 5.41) is 8.90. The second-order valence-electron chi connectivity index (χ2n) is 10.5. The van der Waals surface area contributed by atoms with Gasteiger partial charge in [-0.1, -0.05) is 43.5 Å². The summed E-state index contributed by atoms with van der Waals surface area (Å²) in [6.45, 7) is -0.230. The summed E-state index contributed by atoms with van der Waals surface area (Å²) in [7, 11) is -4.36. The highest BCUT2D eigenvalue weighted by atomic mass is 32.2. The predicted molar refractivity (Wildman–Crippen MR) is 150 cm³/mol. The SMILES string of the molecule is Cc1c(F)c(F)c(S(=O)(=O)N(C)CC(=O)N(Cc2ccc(C3CCCCC3)cc2)c2ccc(C(=O)NO)cc2)c(F)c1F. The zero-order valence-electron chi connectivity index (χ0n) is 23.5. The number of nitrogens with zero attached hydrogens (tertiary/aromatic N) is 2. The Labute approximate surface area is 246 Å². The first-order valence-electron chi connectivity index (χ1n) is 13.6. The van der Waals surface area contributed by atoms with E-state index in [1.54, 1.807) is 0 Å². The minimum absolute atomic E-state index is 0.0419. The number of hydroxylamine groups is 1. The summed E-state index contributed by atoms with van der Waals surface area (Å²) in [5.41, 5.74) is 2.65. The van der Waals surface area contributed by atoms with Gasteiger partial charge in [0.2, 0.25) is 15.9 Å². The first-order chi connectivity index (χ1) is 20.4. The van der Waals surface area contributed by atoms with Crippen molar-refractivity contribution in [1.29, 1.82) is 0 Å². The van der Waals surface area contributed by atoms with Crippen molar-refractivity contribution < 1.29 is 40.8 Å². The van der Waals surface area contributed by atoms with Crippen LogP contribution in [-0.4, -0.2) is 43.3 Å². The van der Waals surface area contributed by atoms with E-state index in [2.05, 4.69) is 0 Å². The van der Waals surface area contributed by atoms with Crippen LogP contribution >= 0.6 is 0 Å². The molecule has 230 valence electrons. The van der Waals surface area contributed by atoms with E-state index in [-0.39, 0.29) is 17.8 Å². The fourth-order valence-electron chi connectivity index (χ4n) is 5.16. The largest absolute Gasteiger partial charge is 0.307 e. The number of carbonyl (C=O) groups is 2. The van der Waals surface area contributed by atoms with E-state index >= 15 is 0 Å². The van der Waals surface area contributed by atoms with Crippen molar-refractivity contribution in [3.63, 3.8) is 0 Å². The molecule has 0 spiro atoms. The minimum Gasteiger partial charge on any atom is -0.307 e. The van der Waals surface area contributed by atoms with Crippen LogP contribution in [-0.2, 0) is 21.4 Å². The van der Waals surface area contributed by atoms with Gasteiger partial charge in [0.05, 0.1) is 13.1 Å². The van der Waals surface area contributed by atoms with Gasteiger partial charge in [0.25, 0.3) is 5.91 Å². The van der Waals surface area contributed by atoms with Crippen molar-refractivity contribution in [3.05, 3.63) is 94.1 Å². The van der Waals surface area contributed by atoms with Crippen LogP contribution in [0.1, 0.15) is 65.1 Å². The van der Waals surface area contributed by atoms with Crippen LogP contribution in [0.5, 0.6) is 0 Å². The van der Waals surface area contributed by atoms with Gasteiger partial charge >= 0.3 is 0 Å². The summed E-state index contributed by atoms with van der Waals surface area (Å²) in [5.74, 6) is -9.09. The molecule has 0 aliphatic heterocycles. The molecule has 3 aromatic rings. The van der Waals surface area contributed by atoms with Crippen LogP contribution in [0.2, 0.25) is 0 Å². The Bertz CT molecular complexity index is 1580. The Morgan fingerprint density at radius 3 is 1.98 bits per heavy atom. The average molecular weight is 622 g/mol. The third kappa shape index (κ3) is 6.73. The molecule has 2 amide bonds. The second kappa shape index (κ2) is 13.2. The van der Waals surface area contributed by atoms with Gasteiger partial charge in [-0.2, -0.15) is 4.31 Å². The van der Waals surface area contributed by atoms with Gasteiger partial charge in [-0.25, -0.2) is 31.5 Å². The van der Waals surface area contributed by atoms with Crippen molar-refractivity contribution in [2.24, 2.45) is 0 Å². The van der Waals surface area contributed by atoms with Gasteiger partial charge in [-0.15, -0.1) is 0 Å². The number of hydrogen-bond donors (Lipinski definition) is 2. The number of carbonyl (C=O) groups excluding carboxylic acids is 2. The minimum atomic E-state index is -5.21. The number of amides is 2. The van der Waals surface area contributed by atoms with Gasteiger partial charge in [-0.05, 0) is 61.1 Å². The molecule has 1 aliphatic rings. The molecule has 0 saturated heterocycles. The van der Waals surface area contributed by atoms with Crippen molar-refractivity contribution in [2.45, 2.75) is 56.4 Å². The standard InChI is InChI=1S/C30H31F4N3O5S/c1-18-25(31)27(33)29(28(34)26(18)32)43(41,42)36(2)17-24(38)37(23-14-12-22(13-15-23)30(39)35-40)16-19-8-10-21(11-9-19)20-6-4-3-5-7-20/h8-15,20,40H,3-7,16-17H2,1-2H3,(H,35,39). The lowest BCUT2D eigenvalue weighted by atomic mass is 9.84. The summed E-state index contributed by atoms with van der Waals surface area (Å²) in [6, 6.07) is 13.1. The second-order valence-corrected chi connectivity index (χ2v) is 12.5. The number of anilines is 1. The van der Waals surface area contributed by atoms with E-state index < -0.39 is 62.1 Å². The molecule has 1 saturated carbocycles. The van der Waals surface area contributed by atoms with Crippen LogP contribution in [0, 0.1) is 30.2 Å². The predicted octanol–water partition coefficient (Wildman–Crippen LogP) is 5.57. The van der Waals surface area contributed by atoms with Gasteiger partial charge in [0, 0.05) is 23.9 Å². The lowest BCUT2D eigenvalue weighted by Gasteiger charge is -2.27. The fourth-order valence-corrected chi connectivity index (χ4v) is 6.38. The van der Waals surface area contributed by atoms with Crippen LogP contribution in [0.15, 0.2) is 53.4 Å². The molecule has 43 heavy (non-hydrogen) atoms. The molecule has 4 rings (SSSR count). The third-order valence-corrected chi connectivity index (χ3v) is 9.53. The molecular weight excluding hydrogens is 590 g/mol. The van der Waals surface area contributed by atoms with Crippen molar-refractivity contribution in [2.75, 3.05) is 18.5 Å². The number of rotatable bonds is 9. The molecule has 1 fully saturated rings. The highest BCUT2D eigenvalue weighted by Gasteiger charge is 2.36. The Kier molecular flexibility index (Phi) is 9.88. The molecular formula is C30H31F4N3O5S. The molecule has 0 atom stereocenters. The molecule has 0 bridgehead atoms. The van der Waals surface area contributed by atoms with Gasteiger partial charge in [0.15, 0.2) is 28.2 Å². The lowest BCUT2D eigenvalue weighted by Crippen LogP contribution is -2.41. The number of likely N-dealkylation sites (N-methyl/N-ethyl adjacent to an activating group) is 1. The molecule has 0 unspecified atom stereocenters. The zero-order valence-corrected chi connectivity index (χ0v) is 24.4. The van der Waals surface area contributed by atoms with Gasteiger partial charge < -0.3 is 4.90 Å². The number of sulfonamides is 1. The van der Waals surface area contributed by atoms with E-state index in [4.69, 9.17) is 5.21 Å². The lowest BCUT2D eigenvalue weighted by molar-refractivity contribution is -0.118. The maximum atomic E-state index is 14.6. The molecule has 8 nitrogen and oxygen atoms in total. The van der Waals surface area contributed by atoms with Gasteiger partial charge in [0.1, 0.15) is 0 Å². The smallest absolute Gasteiger partial charge is 0.274 e. The molecule has 1 aliphatic carbocycles. The summed E-state index contributed by atoms with van der Waals surface area (Å²) in [4.78, 5) is 24.7. The summed E-state index contributed by atoms with van der Waals surface area (Å²) >= 11 is 0. The number of halogens is 4. The van der Waals surface area contributed by atoms with Crippen LogP contribution in [0.3, 0.4) is 0 Å². The van der Waals surface area contributed by atoms with E-state index in [0.29, 0.717) is 15.8 Å². The third-order valence-electron chi connectivity index (χ3n) is 7.71. The van der Waals surface area contributed by atoms with Gasteiger partial charge in [-0.3, -0.25) is 14.8 Å². The van der Waals surface area contributed by atoms with Crippen LogP contribution < -0.4 is 10.4 Å². The highest BCUT2D eigenvalue weighted by molar-refractivity contribution is 7.89. The Hall–Kier alpha value is -3.81. The molecule has 13 heteroatoms. The van der Waals surface area contributed by atoms with E-state index in [0.717, 1.165) is 39.7 Å². The normalized spacial score (nSPS) is 14.1. The topological polar surface area (TPSA) is 107 Å². The average Bonchev–Trinajstić information content (AvgIpc) is 3.02. The quantitative estimate of drug-likeness (QED) is 0.141. The zero-order chi connectivity index (χ0) is 31.5. The molecule has 0 heterocycles. The van der Waals surface area contributed by atoms with E-state index in [1.807, 2.05) is 24.3 Å². The monoisotopic (exact) mass is 621 g/mol. The van der Waals surface area contributed by atoms with Crippen molar-refractivity contribution >= 4 is 27.5 Å². The maximum Gasteiger partial charge on any atom is 0.274 e. The first kappa shape index (κ1) is 32.1. The molecule has 0 aromatic heterocycles. The van der Waals surface area contributed by atoms with Crippen molar-refractivity contribution in [3.8, 4) is 0 Å². The molecule has 2 N–H and O–H groups in total. The van der Waals surface area contributed by atoms with Crippen LogP contribution in [0.4, 0.5) is 23.2 Å². The number of benzene rings is 3. The highest BCUT2D eigenvalue weighted by Crippen LogP contribution is 2.33. The first-order valence-corrected chi connectivity index (χ1v) is 15.0. The van der Waals surface area contributed by atoms with E-state index in [1.165, 1.54) is 46.6 Å². The van der Waals surface area contributed by atoms with Crippen LogP contribution in [0.25, 0.3) is 0 Å². The maximum absolute atomic E-state index is 14.6. The number of hydrogen-bond acceptors (Lipinski definition) is 5. The summed E-state index contributed by atoms with van der Waals surface area (Å²) < 4.78 is 83.9. The Morgan fingerprint density at radius 2 is 1.44 bits per heavy atom. The Morgan fingerprint density at radius 1 is 0.884 bits per heavy atom. The molecule has 0 radical (unpaired) electrons. The van der Waals surface area contributed by atoms with E-state index in [9.17, 15) is 35.6 Å². The Balaban J connectivity index is 1.63.